The second-order valence-electron chi connectivity index (χ2n) is 4.24. The van der Waals surface area contributed by atoms with Crippen molar-refractivity contribution in [3.63, 3.8) is 0 Å². The summed E-state index contributed by atoms with van der Waals surface area (Å²) in [5.41, 5.74) is 4.88. The molecule has 0 N–H and O–H groups in total. The normalized spacial score (nSPS) is 11.8. The molecule has 0 radical (unpaired) electrons. The van der Waals surface area contributed by atoms with E-state index in [1.54, 1.807) is 11.8 Å². The van der Waals surface area contributed by atoms with Gasteiger partial charge in [-0.05, 0) is 38.2 Å². The SMILES string of the molecule is CSC(=Nc1c(C)cc(C)cc1C)N(C)C. The Morgan fingerprint density at radius 3 is 2.00 bits per heavy atom. The number of amidine groups is 1. The molecule has 0 atom stereocenters. The zero-order valence-corrected chi connectivity index (χ0v) is 11.8. The molecule has 1 aromatic rings. The van der Waals surface area contributed by atoms with Gasteiger partial charge in [-0.2, -0.15) is 0 Å². The van der Waals surface area contributed by atoms with Gasteiger partial charge in [0.2, 0.25) is 0 Å². The van der Waals surface area contributed by atoms with Gasteiger partial charge < -0.3 is 4.90 Å². The minimum Gasteiger partial charge on any atom is -0.357 e. The summed E-state index contributed by atoms with van der Waals surface area (Å²) in [4.78, 5) is 6.77. The Kier molecular flexibility index (Phi) is 4.42. The summed E-state index contributed by atoms with van der Waals surface area (Å²) in [6, 6.07) is 4.36. The van der Waals surface area contributed by atoms with Gasteiger partial charge in [-0.15, -0.1) is 0 Å². The fourth-order valence-corrected chi connectivity index (χ4v) is 2.32. The van der Waals surface area contributed by atoms with Gasteiger partial charge in [-0.25, -0.2) is 4.99 Å². The lowest BCUT2D eigenvalue weighted by atomic mass is 10.1. The van der Waals surface area contributed by atoms with Crippen molar-refractivity contribution in [1.29, 1.82) is 0 Å². The average Bonchev–Trinajstić information content (AvgIpc) is 2.15. The van der Waals surface area contributed by atoms with E-state index >= 15 is 0 Å². The zero-order valence-electron chi connectivity index (χ0n) is 11.0. The number of nitrogens with zero attached hydrogens (tertiary/aromatic N) is 2. The number of hydrogen-bond acceptors (Lipinski definition) is 2. The second kappa shape index (κ2) is 5.39. The van der Waals surface area contributed by atoms with Crippen LogP contribution in [0.15, 0.2) is 17.1 Å². The Hall–Kier alpha value is -0.960. The Labute approximate surface area is 103 Å². The number of aliphatic imine (C=N–C) groups is 1. The summed E-state index contributed by atoms with van der Waals surface area (Å²) in [6.07, 6.45) is 2.05. The molecule has 0 spiro atoms. The highest BCUT2D eigenvalue weighted by Crippen LogP contribution is 2.26. The first-order valence-corrected chi connectivity index (χ1v) is 6.56. The van der Waals surface area contributed by atoms with E-state index in [2.05, 4.69) is 39.2 Å². The quantitative estimate of drug-likeness (QED) is 0.547. The lowest BCUT2D eigenvalue weighted by molar-refractivity contribution is 0.636. The first-order chi connectivity index (χ1) is 7.45. The predicted octanol–water partition coefficient (Wildman–Crippen LogP) is 3.52. The van der Waals surface area contributed by atoms with E-state index in [1.807, 2.05) is 19.0 Å². The van der Waals surface area contributed by atoms with Crippen LogP contribution in [-0.2, 0) is 0 Å². The van der Waals surface area contributed by atoms with E-state index in [9.17, 15) is 0 Å². The van der Waals surface area contributed by atoms with Gasteiger partial charge in [-0.3, -0.25) is 0 Å². The fraction of sp³-hybridized carbons (Fsp3) is 0.462. The van der Waals surface area contributed by atoms with Gasteiger partial charge in [0.25, 0.3) is 0 Å². The molecular formula is C13H20N2S. The molecule has 0 fully saturated rings. The molecule has 2 nitrogen and oxygen atoms in total. The maximum Gasteiger partial charge on any atom is 0.163 e. The number of rotatable bonds is 1. The summed E-state index contributed by atoms with van der Waals surface area (Å²) >= 11 is 1.67. The summed E-state index contributed by atoms with van der Waals surface area (Å²) in [6.45, 7) is 6.35. The molecule has 0 saturated heterocycles. The second-order valence-corrected chi connectivity index (χ2v) is 5.01. The van der Waals surface area contributed by atoms with Crippen molar-refractivity contribution in [3.8, 4) is 0 Å². The lowest BCUT2D eigenvalue weighted by Crippen LogP contribution is -2.18. The van der Waals surface area contributed by atoms with Crippen LogP contribution >= 0.6 is 11.8 Å². The molecule has 0 aliphatic carbocycles. The Morgan fingerprint density at radius 2 is 1.62 bits per heavy atom. The minimum absolute atomic E-state index is 1.04. The fourth-order valence-electron chi connectivity index (χ4n) is 1.77. The summed E-state index contributed by atoms with van der Waals surface area (Å²) in [7, 11) is 4.04. The van der Waals surface area contributed by atoms with Crippen LogP contribution in [0.2, 0.25) is 0 Å². The average molecular weight is 236 g/mol. The molecular weight excluding hydrogens is 216 g/mol. The maximum atomic E-state index is 4.72. The molecule has 0 saturated carbocycles. The van der Waals surface area contributed by atoms with Crippen LogP contribution in [0.25, 0.3) is 0 Å². The number of thioether (sulfide) groups is 1. The van der Waals surface area contributed by atoms with Crippen molar-refractivity contribution in [3.05, 3.63) is 28.8 Å². The van der Waals surface area contributed by atoms with Gasteiger partial charge in [0.1, 0.15) is 0 Å². The Morgan fingerprint density at radius 1 is 1.12 bits per heavy atom. The highest BCUT2D eigenvalue weighted by atomic mass is 32.2. The monoisotopic (exact) mass is 236 g/mol. The summed E-state index contributed by atoms with van der Waals surface area (Å²) in [5.74, 6) is 0. The molecule has 0 aliphatic heterocycles. The zero-order chi connectivity index (χ0) is 12.3. The Balaban J connectivity index is 3.23. The molecule has 0 bridgehead atoms. The largest absolute Gasteiger partial charge is 0.357 e. The van der Waals surface area contributed by atoms with Crippen molar-refractivity contribution in [2.45, 2.75) is 20.8 Å². The highest BCUT2D eigenvalue weighted by molar-refractivity contribution is 8.13. The van der Waals surface area contributed by atoms with Gasteiger partial charge in [0, 0.05) is 14.1 Å². The van der Waals surface area contributed by atoms with E-state index in [-0.39, 0.29) is 0 Å². The molecule has 16 heavy (non-hydrogen) atoms. The van der Waals surface area contributed by atoms with E-state index < -0.39 is 0 Å². The third-order valence-electron chi connectivity index (χ3n) is 2.41. The van der Waals surface area contributed by atoms with E-state index in [0.29, 0.717) is 0 Å². The first kappa shape index (κ1) is 13.1. The highest BCUT2D eigenvalue weighted by Gasteiger charge is 2.05. The minimum atomic E-state index is 1.04. The molecule has 0 unspecified atom stereocenters. The van der Waals surface area contributed by atoms with Crippen molar-refractivity contribution in [1.82, 2.24) is 4.90 Å². The molecule has 1 rings (SSSR count). The topological polar surface area (TPSA) is 15.6 Å². The van der Waals surface area contributed by atoms with Crippen molar-refractivity contribution in [2.75, 3.05) is 20.4 Å². The smallest absolute Gasteiger partial charge is 0.163 e. The van der Waals surface area contributed by atoms with Gasteiger partial charge in [-0.1, -0.05) is 29.5 Å². The summed E-state index contributed by atoms with van der Waals surface area (Å²) in [5, 5.41) is 1.04. The van der Waals surface area contributed by atoms with E-state index in [1.165, 1.54) is 16.7 Å². The van der Waals surface area contributed by atoms with Crippen LogP contribution < -0.4 is 0 Å². The van der Waals surface area contributed by atoms with Gasteiger partial charge in [0.05, 0.1) is 5.69 Å². The van der Waals surface area contributed by atoms with Crippen LogP contribution in [0, 0.1) is 20.8 Å². The lowest BCUT2D eigenvalue weighted by Gasteiger charge is -2.15. The predicted molar refractivity (Wildman–Crippen MR) is 75.0 cm³/mol. The van der Waals surface area contributed by atoms with E-state index in [0.717, 1.165) is 10.9 Å². The first-order valence-electron chi connectivity index (χ1n) is 5.33. The third-order valence-corrected chi connectivity index (χ3v) is 3.23. The van der Waals surface area contributed by atoms with E-state index in [4.69, 9.17) is 4.99 Å². The van der Waals surface area contributed by atoms with Crippen LogP contribution in [0.4, 0.5) is 5.69 Å². The summed E-state index contributed by atoms with van der Waals surface area (Å²) < 4.78 is 0. The van der Waals surface area contributed by atoms with Crippen molar-refractivity contribution < 1.29 is 0 Å². The van der Waals surface area contributed by atoms with Crippen LogP contribution in [0.3, 0.4) is 0 Å². The maximum absolute atomic E-state index is 4.72. The van der Waals surface area contributed by atoms with Crippen LogP contribution in [-0.4, -0.2) is 30.4 Å². The molecule has 0 aliphatic rings. The Bertz CT molecular complexity index is 385. The third kappa shape index (κ3) is 3.01. The standard InChI is InChI=1S/C13H20N2S/c1-9-7-10(2)12(11(3)8-9)14-13(16-6)15(4)5/h7-8H,1-6H3. The molecule has 1 aromatic carbocycles. The van der Waals surface area contributed by atoms with Crippen molar-refractivity contribution >= 4 is 22.6 Å². The molecule has 88 valence electrons. The van der Waals surface area contributed by atoms with Crippen molar-refractivity contribution in [2.24, 2.45) is 4.99 Å². The molecule has 0 aromatic heterocycles. The van der Waals surface area contributed by atoms with Crippen LogP contribution in [0.5, 0.6) is 0 Å². The molecule has 0 heterocycles. The number of aryl methyl sites for hydroxylation is 3. The van der Waals surface area contributed by atoms with Gasteiger partial charge >= 0.3 is 0 Å². The van der Waals surface area contributed by atoms with Crippen LogP contribution in [0.1, 0.15) is 16.7 Å². The van der Waals surface area contributed by atoms with Gasteiger partial charge in [0.15, 0.2) is 5.17 Å². The number of benzene rings is 1. The number of hydrogen-bond donors (Lipinski definition) is 0. The molecule has 0 amide bonds. The molecule has 3 heteroatoms.